The standard InChI is InChI=1S/C23H27N3O4/c1-23-14-26(11-16-10-15(13-29-2)8-9-20(16)30-3)12-18(23)22(28)24-19-7-5-4-6-17(19)21(27)25-23/h4-10,18H,11-14H2,1-3H3,(H,24,28)(H,25,27)/t18-,23-/m0/s1. The van der Waals surface area contributed by atoms with E-state index in [0.29, 0.717) is 37.5 Å². The maximum Gasteiger partial charge on any atom is 0.253 e. The number of nitrogens with one attached hydrogen (secondary N) is 2. The summed E-state index contributed by atoms with van der Waals surface area (Å²) in [5.74, 6) is 0.195. The summed E-state index contributed by atoms with van der Waals surface area (Å²) < 4.78 is 10.8. The lowest BCUT2D eigenvalue weighted by molar-refractivity contribution is -0.121. The molecule has 2 aromatic rings. The molecule has 1 fully saturated rings. The Kier molecular flexibility index (Phi) is 5.49. The fourth-order valence-electron chi connectivity index (χ4n) is 4.51. The van der Waals surface area contributed by atoms with Crippen LogP contribution in [0.5, 0.6) is 5.75 Å². The quantitative estimate of drug-likeness (QED) is 0.793. The van der Waals surface area contributed by atoms with Crippen LogP contribution in [0.3, 0.4) is 0 Å². The van der Waals surface area contributed by atoms with Crippen molar-refractivity contribution in [3.05, 3.63) is 59.2 Å². The second-order valence-corrected chi connectivity index (χ2v) is 8.21. The van der Waals surface area contributed by atoms with Gasteiger partial charge in [0.25, 0.3) is 5.91 Å². The molecule has 2 aliphatic rings. The molecule has 2 aromatic carbocycles. The Hall–Kier alpha value is -2.90. The van der Waals surface area contributed by atoms with Crippen molar-refractivity contribution in [1.82, 2.24) is 10.2 Å². The number of benzene rings is 2. The molecule has 158 valence electrons. The van der Waals surface area contributed by atoms with Crippen LogP contribution in [0.25, 0.3) is 0 Å². The molecule has 30 heavy (non-hydrogen) atoms. The number of methoxy groups -OCH3 is 2. The van der Waals surface area contributed by atoms with Crippen molar-refractivity contribution >= 4 is 17.5 Å². The highest BCUT2D eigenvalue weighted by molar-refractivity contribution is 6.06. The van der Waals surface area contributed by atoms with Crippen LogP contribution in [0, 0.1) is 5.92 Å². The Morgan fingerprint density at radius 1 is 1.17 bits per heavy atom. The lowest BCUT2D eigenvalue weighted by Gasteiger charge is -2.33. The van der Waals surface area contributed by atoms with Crippen molar-refractivity contribution in [3.63, 3.8) is 0 Å². The normalized spacial score (nSPS) is 23.6. The van der Waals surface area contributed by atoms with Gasteiger partial charge in [-0.15, -0.1) is 0 Å². The van der Waals surface area contributed by atoms with Crippen LogP contribution >= 0.6 is 0 Å². The minimum Gasteiger partial charge on any atom is -0.496 e. The summed E-state index contributed by atoms with van der Waals surface area (Å²) in [6.07, 6.45) is 0. The molecule has 7 heteroatoms. The number of likely N-dealkylation sites (tertiary alicyclic amines) is 1. The highest BCUT2D eigenvalue weighted by Gasteiger charge is 2.49. The van der Waals surface area contributed by atoms with E-state index in [-0.39, 0.29) is 17.7 Å². The van der Waals surface area contributed by atoms with Gasteiger partial charge >= 0.3 is 0 Å². The molecule has 7 nitrogen and oxygen atoms in total. The number of fused-ring (bicyclic) bond motifs is 2. The van der Waals surface area contributed by atoms with E-state index in [1.165, 1.54) is 0 Å². The number of carbonyl (C=O) groups excluding carboxylic acids is 2. The van der Waals surface area contributed by atoms with E-state index in [1.54, 1.807) is 32.4 Å². The van der Waals surface area contributed by atoms with Crippen LogP contribution in [-0.4, -0.2) is 49.6 Å². The summed E-state index contributed by atoms with van der Waals surface area (Å²) in [6.45, 7) is 4.19. The predicted octanol–water partition coefficient (Wildman–Crippen LogP) is 2.41. The largest absolute Gasteiger partial charge is 0.496 e. The number of amides is 2. The average molecular weight is 409 g/mol. The smallest absolute Gasteiger partial charge is 0.253 e. The Bertz CT molecular complexity index is 977. The predicted molar refractivity (Wildman–Crippen MR) is 113 cm³/mol. The van der Waals surface area contributed by atoms with E-state index < -0.39 is 5.54 Å². The van der Waals surface area contributed by atoms with E-state index in [0.717, 1.165) is 16.9 Å². The maximum absolute atomic E-state index is 13.1. The van der Waals surface area contributed by atoms with Crippen molar-refractivity contribution < 1.29 is 19.1 Å². The van der Waals surface area contributed by atoms with Crippen LogP contribution in [-0.2, 0) is 22.7 Å². The lowest BCUT2D eigenvalue weighted by atomic mass is 9.86. The zero-order valence-electron chi connectivity index (χ0n) is 17.5. The molecule has 0 spiro atoms. The summed E-state index contributed by atoms with van der Waals surface area (Å²) in [4.78, 5) is 28.1. The Labute approximate surface area is 176 Å². The van der Waals surface area contributed by atoms with Gasteiger partial charge in [0, 0.05) is 32.3 Å². The van der Waals surface area contributed by atoms with E-state index in [9.17, 15) is 9.59 Å². The fraction of sp³-hybridized carbons (Fsp3) is 0.391. The topological polar surface area (TPSA) is 79.9 Å². The number of para-hydroxylation sites is 1. The van der Waals surface area contributed by atoms with Gasteiger partial charge in [0.1, 0.15) is 5.75 Å². The Balaban J connectivity index is 1.59. The van der Waals surface area contributed by atoms with Crippen molar-refractivity contribution in [2.24, 2.45) is 5.92 Å². The summed E-state index contributed by atoms with van der Waals surface area (Å²) in [6, 6.07) is 13.1. The Morgan fingerprint density at radius 2 is 1.97 bits per heavy atom. The first kappa shape index (κ1) is 20.4. The first-order valence-electron chi connectivity index (χ1n) is 10.0. The molecule has 0 aromatic heterocycles. The summed E-state index contributed by atoms with van der Waals surface area (Å²) in [5, 5.41) is 6.08. The third-order valence-corrected chi connectivity index (χ3v) is 5.96. The Morgan fingerprint density at radius 3 is 2.73 bits per heavy atom. The monoisotopic (exact) mass is 409 g/mol. The van der Waals surface area contributed by atoms with Crippen LogP contribution in [0.2, 0.25) is 0 Å². The number of hydrogen-bond donors (Lipinski definition) is 2. The highest BCUT2D eigenvalue weighted by atomic mass is 16.5. The molecule has 2 heterocycles. The zero-order valence-corrected chi connectivity index (χ0v) is 17.5. The van der Waals surface area contributed by atoms with E-state index in [4.69, 9.17) is 9.47 Å². The SMILES string of the molecule is COCc1ccc(OC)c(CN2C[C@H]3C(=O)Nc4ccccc4C(=O)N[C@@]3(C)C2)c1. The molecule has 0 radical (unpaired) electrons. The molecule has 2 atom stereocenters. The van der Waals surface area contributed by atoms with Gasteiger partial charge < -0.3 is 20.1 Å². The lowest BCUT2D eigenvalue weighted by Crippen LogP contribution is -2.56. The molecule has 0 unspecified atom stereocenters. The van der Waals surface area contributed by atoms with Gasteiger partial charge in [0.15, 0.2) is 0 Å². The van der Waals surface area contributed by atoms with Gasteiger partial charge in [-0.2, -0.15) is 0 Å². The van der Waals surface area contributed by atoms with Crippen molar-refractivity contribution in [2.75, 3.05) is 32.6 Å². The molecule has 0 bridgehead atoms. The van der Waals surface area contributed by atoms with Crippen molar-refractivity contribution in [1.29, 1.82) is 0 Å². The van der Waals surface area contributed by atoms with Crippen LogP contribution in [0.15, 0.2) is 42.5 Å². The second kappa shape index (κ2) is 8.08. The molecule has 4 rings (SSSR count). The maximum atomic E-state index is 13.1. The number of carbonyl (C=O) groups is 2. The van der Waals surface area contributed by atoms with Gasteiger partial charge in [-0.05, 0) is 36.8 Å². The molecular formula is C23H27N3O4. The minimum absolute atomic E-state index is 0.0763. The number of ether oxygens (including phenoxy) is 2. The van der Waals surface area contributed by atoms with Gasteiger partial charge in [-0.25, -0.2) is 0 Å². The molecule has 2 N–H and O–H groups in total. The van der Waals surface area contributed by atoms with Gasteiger partial charge in [0.05, 0.1) is 36.4 Å². The van der Waals surface area contributed by atoms with Crippen LogP contribution < -0.4 is 15.4 Å². The molecule has 1 saturated heterocycles. The summed E-state index contributed by atoms with van der Waals surface area (Å²) in [5.41, 5.74) is 2.46. The van der Waals surface area contributed by atoms with Crippen molar-refractivity contribution in [2.45, 2.75) is 25.6 Å². The van der Waals surface area contributed by atoms with E-state index in [2.05, 4.69) is 21.6 Å². The third-order valence-electron chi connectivity index (χ3n) is 5.96. The number of hydrogen-bond acceptors (Lipinski definition) is 5. The molecule has 2 amide bonds. The first-order chi connectivity index (χ1) is 14.4. The number of rotatable bonds is 5. The van der Waals surface area contributed by atoms with E-state index >= 15 is 0 Å². The third kappa shape index (κ3) is 3.78. The highest BCUT2D eigenvalue weighted by Crippen LogP contribution is 2.34. The first-order valence-corrected chi connectivity index (χ1v) is 10.0. The minimum atomic E-state index is -0.661. The molecule has 0 aliphatic carbocycles. The van der Waals surface area contributed by atoms with Crippen LogP contribution in [0.1, 0.15) is 28.4 Å². The average Bonchev–Trinajstić information content (AvgIpc) is 3.03. The summed E-state index contributed by atoms with van der Waals surface area (Å²) in [7, 11) is 3.32. The molecule has 2 aliphatic heterocycles. The number of nitrogens with zero attached hydrogens (tertiary/aromatic N) is 1. The van der Waals surface area contributed by atoms with Gasteiger partial charge in [-0.1, -0.05) is 18.2 Å². The summed E-state index contributed by atoms with van der Waals surface area (Å²) >= 11 is 0. The second-order valence-electron chi connectivity index (χ2n) is 8.21. The van der Waals surface area contributed by atoms with Gasteiger partial charge in [-0.3, -0.25) is 14.5 Å². The molecule has 0 saturated carbocycles. The van der Waals surface area contributed by atoms with E-state index in [1.807, 2.05) is 25.1 Å². The van der Waals surface area contributed by atoms with Gasteiger partial charge in [0.2, 0.25) is 5.91 Å². The molecular weight excluding hydrogens is 382 g/mol. The van der Waals surface area contributed by atoms with Crippen molar-refractivity contribution in [3.8, 4) is 5.75 Å². The number of anilines is 1. The van der Waals surface area contributed by atoms with Crippen LogP contribution in [0.4, 0.5) is 5.69 Å². The zero-order chi connectivity index (χ0) is 21.3. The fourth-order valence-corrected chi connectivity index (χ4v) is 4.51.